The summed E-state index contributed by atoms with van der Waals surface area (Å²) in [6.45, 7) is 0.351. The first-order chi connectivity index (χ1) is 8.08. The molecule has 3 N–H and O–H groups in total. The Bertz CT molecular complexity index is 396. The van der Waals surface area contributed by atoms with Crippen LogP contribution in [0.2, 0.25) is 0 Å². The normalized spacial score (nSPS) is 23.1. The summed E-state index contributed by atoms with van der Waals surface area (Å²) < 4.78 is 37.8. The molecule has 1 saturated heterocycles. The highest BCUT2D eigenvalue weighted by atomic mass is 19.4. The number of hydrogen-bond donors (Lipinski definition) is 3. The van der Waals surface area contributed by atoms with Gasteiger partial charge < -0.3 is 15.7 Å². The second kappa shape index (κ2) is 4.46. The van der Waals surface area contributed by atoms with E-state index in [0.29, 0.717) is 6.92 Å². The number of carboxylic acids is 1. The van der Waals surface area contributed by atoms with Gasteiger partial charge in [-0.15, -0.1) is 0 Å². The van der Waals surface area contributed by atoms with E-state index in [4.69, 9.17) is 5.11 Å². The summed E-state index contributed by atoms with van der Waals surface area (Å²) in [4.78, 5) is 33.0. The third-order valence-electron chi connectivity index (χ3n) is 2.68. The molecule has 6 nitrogen and oxygen atoms in total. The molecule has 0 aromatic rings. The molecule has 1 rings (SSSR count). The molecule has 0 radical (unpaired) electrons. The van der Waals surface area contributed by atoms with E-state index in [0.717, 1.165) is 0 Å². The van der Waals surface area contributed by atoms with Gasteiger partial charge in [-0.2, -0.15) is 13.2 Å². The van der Waals surface area contributed by atoms with Crippen molar-refractivity contribution in [1.29, 1.82) is 0 Å². The number of carbonyl (C=O) groups excluding carboxylic acids is 2. The molecule has 0 spiro atoms. The lowest BCUT2D eigenvalue weighted by atomic mass is 10.0. The Labute approximate surface area is 99.5 Å². The van der Waals surface area contributed by atoms with Crippen molar-refractivity contribution in [2.45, 2.75) is 37.5 Å². The van der Waals surface area contributed by atoms with Crippen molar-refractivity contribution in [3.63, 3.8) is 0 Å². The van der Waals surface area contributed by atoms with E-state index in [2.05, 4.69) is 5.32 Å². The van der Waals surface area contributed by atoms with Gasteiger partial charge in [0.1, 0.15) is 6.04 Å². The van der Waals surface area contributed by atoms with Crippen LogP contribution in [0.5, 0.6) is 0 Å². The summed E-state index contributed by atoms with van der Waals surface area (Å²) in [5.41, 5.74) is -3.38. The lowest BCUT2D eigenvalue weighted by molar-refractivity contribution is -0.207. The van der Waals surface area contributed by atoms with E-state index < -0.39 is 35.5 Å². The molecule has 0 saturated carbocycles. The molecule has 0 aliphatic carbocycles. The summed E-state index contributed by atoms with van der Waals surface area (Å²) in [5.74, 6) is -3.84. The molecule has 1 fully saturated rings. The second-order valence-corrected chi connectivity index (χ2v) is 4.08. The average molecular weight is 268 g/mol. The molecule has 0 bridgehead atoms. The lowest BCUT2D eigenvalue weighted by Gasteiger charge is -2.29. The summed E-state index contributed by atoms with van der Waals surface area (Å²) >= 11 is 0. The van der Waals surface area contributed by atoms with E-state index in [-0.39, 0.29) is 12.8 Å². The molecular weight excluding hydrogens is 257 g/mol. The maximum absolute atomic E-state index is 12.6. The maximum atomic E-state index is 12.6. The fourth-order valence-corrected chi connectivity index (χ4v) is 1.39. The number of hydrogen-bond acceptors (Lipinski definition) is 3. The van der Waals surface area contributed by atoms with Crippen molar-refractivity contribution in [3.8, 4) is 0 Å². The van der Waals surface area contributed by atoms with E-state index >= 15 is 0 Å². The van der Waals surface area contributed by atoms with Gasteiger partial charge in [0.25, 0.3) is 0 Å². The first-order valence-corrected chi connectivity index (χ1v) is 4.99. The molecule has 1 aliphatic heterocycles. The topological polar surface area (TPSA) is 95.5 Å². The standard InChI is InChI=1S/C9H11F3N2O4/c1-8(7(17)18,9(10,11)12)14-6(16)4-2-3-5(15)13-4/h4H,2-3H2,1H3,(H,13,15)(H,14,16)(H,17,18)/t4-,8?/m1/s1. The van der Waals surface area contributed by atoms with Crippen LogP contribution in [0.3, 0.4) is 0 Å². The minimum absolute atomic E-state index is 0.0217. The molecule has 0 aromatic carbocycles. The van der Waals surface area contributed by atoms with Crippen molar-refractivity contribution in [1.82, 2.24) is 10.6 Å². The predicted octanol–water partition coefficient (Wildman–Crippen LogP) is -0.213. The number of carboxylic acid groups (broad SMARTS) is 1. The monoisotopic (exact) mass is 268 g/mol. The van der Waals surface area contributed by atoms with Crippen molar-refractivity contribution >= 4 is 17.8 Å². The van der Waals surface area contributed by atoms with Crippen molar-refractivity contribution in [3.05, 3.63) is 0 Å². The van der Waals surface area contributed by atoms with Gasteiger partial charge in [-0.3, -0.25) is 9.59 Å². The molecular formula is C9H11F3N2O4. The van der Waals surface area contributed by atoms with Crippen LogP contribution in [0.4, 0.5) is 13.2 Å². The zero-order chi connectivity index (χ0) is 14.1. The fraction of sp³-hybridized carbons (Fsp3) is 0.667. The molecule has 1 unspecified atom stereocenters. The van der Waals surface area contributed by atoms with E-state index in [1.165, 1.54) is 5.32 Å². The maximum Gasteiger partial charge on any atom is 0.422 e. The minimum atomic E-state index is -5.14. The van der Waals surface area contributed by atoms with Gasteiger partial charge >= 0.3 is 12.1 Å². The smallest absolute Gasteiger partial charge is 0.422 e. The quantitative estimate of drug-likeness (QED) is 0.659. The van der Waals surface area contributed by atoms with Crippen molar-refractivity contribution < 1.29 is 32.7 Å². The third kappa shape index (κ3) is 2.54. The summed E-state index contributed by atoms with van der Waals surface area (Å²) in [6.07, 6.45) is -5.08. The lowest BCUT2D eigenvalue weighted by Crippen LogP contribution is -2.64. The molecule has 1 heterocycles. The van der Waals surface area contributed by atoms with Gasteiger partial charge in [0, 0.05) is 6.42 Å². The number of nitrogens with one attached hydrogen (secondary N) is 2. The van der Waals surface area contributed by atoms with Crippen LogP contribution < -0.4 is 10.6 Å². The zero-order valence-corrected chi connectivity index (χ0v) is 9.30. The van der Waals surface area contributed by atoms with Crippen LogP contribution in [0.25, 0.3) is 0 Å². The summed E-state index contributed by atoms with van der Waals surface area (Å²) in [5, 5.41) is 12.2. The van der Waals surface area contributed by atoms with Crippen LogP contribution >= 0.6 is 0 Å². The van der Waals surface area contributed by atoms with Gasteiger partial charge in [-0.05, 0) is 13.3 Å². The Hall–Kier alpha value is -1.80. The molecule has 102 valence electrons. The van der Waals surface area contributed by atoms with E-state index in [9.17, 15) is 27.6 Å². The molecule has 2 amide bonds. The Morgan fingerprint density at radius 1 is 1.44 bits per heavy atom. The number of amides is 2. The molecule has 1 aliphatic rings. The Morgan fingerprint density at radius 3 is 2.33 bits per heavy atom. The largest absolute Gasteiger partial charge is 0.479 e. The third-order valence-corrected chi connectivity index (χ3v) is 2.68. The number of alkyl halides is 3. The zero-order valence-electron chi connectivity index (χ0n) is 9.30. The first kappa shape index (κ1) is 14.3. The first-order valence-electron chi connectivity index (χ1n) is 4.99. The SMILES string of the molecule is CC(NC(=O)[C@H]1CCC(=O)N1)(C(=O)O)C(F)(F)F. The highest BCUT2D eigenvalue weighted by Gasteiger charge is 2.59. The average Bonchev–Trinajstić information content (AvgIpc) is 2.62. The number of carbonyl (C=O) groups is 3. The molecule has 18 heavy (non-hydrogen) atoms. The minimum Gasteiger partial charge on any atom is -0.479 e. The molecule has 2 atom stereocenters. The summed E-state index contributed by atoms with van der Waals surface area (Å²) in [7, 11) is 0. The summed E-state index contributed by atoms with van der Waals surface area (Å²) in [6, 6.07) is -1.13. The molecule has 0 aromatic heterocycles. The van der Waals surface area contributed by atoms with Gasteiger partial charge in [0.2, 0.25) is 17.4 Å². The van der Waals surface area contributed by atoms with E-state index in [1.807, 2.05) is 0 Å². The van der Waals surface area contributed by atoms with Crippen molar-refractivity contribution in [2.24, 2.45) is 0 Å². The number of halogens is 3. The van der Waals surface area contributed by atoms with Crippen LogP contribution in [-0.4, -0.2) is 40.6 Å². The van der Waals surface area contributed by atoms with Crippen LogP contribution in [-0.2, 0) is 14.4 Å². The van der Waals surface area contributed by atoms with Crippen LogP contribution in [0.1, 0.15) is 19.8 Å². The molecule has 9 heteroatoms. The Kier molecular flexibility index (Phi) is 3.54. The highest BCUT2D eigenvalue weighted by Crippen LogP contribution is 2.30. The van der Waals surface area contributed by atoms with Crippen molar-refractivity contribution in [2.75, 3.05) is 0 Å². The van der Waals surface area contributed by atoms with Gasteiger partial charge in [0.05, 0.1) is 0 Å². The number of aliphatic carboxylic acids is 1. The fourth-order valence-electron chi connectivity index (χ4n) is 1.39. The van der Waals surface area contributed by atoms with E-state index in [1.54, 1.807) is 0 Å². The second-order valence-electron chi connectivity index (χ2n) is 4.08. The number of rotatable bonds is 3. The van der Waals surface area contributed by atoms with Crippen LogP contribution in [0.15, 0.2) is 0 Å². The highest BCUT2D eigenvalue weighted by molar-refractivity contribution is 5.94. The Morgan fingerprint density at radius 2 is 2.00 bits per heavy atom. The Balaban J connectivity index is 2.83. The van der Waals surface area contributed by atoms with Crippen LogP contribution in [0, 0.1) is 0 Å². The van der Waals surface area contributed by atoms with Gasteiger partial charge in [-0.25, -0.2) is 4.79 Å². The van der Waals surface area contributed by atoms with Gasteiger partial charge in [-0.1, -0.05) is 0 Å². The van der Waals surface area contributed by atoms with Gasteiger partial charge in [0.15, 0.2) is 0 Å². The predicted molar refractivity (Wildman–Crippen MR) is 51.4 cm³/mol.